The van der Waals surface area contributed by atoms with Crippen molar-refractivity contribution >= 4 is 11.7 Å². The van der Waals surface area contributed by atoms with Gasteiger partial charge in [0.1, 0.15) is 12.1 Å². The van der Waals surface area contributed by atoms with Gasteiger partial charge in [-0.25, -0.2) is 4.79 Å². The Bertz CT molecular complexity index is 442. The second-order valence-corrected chi connectivity index (χ2v) is 5.50. The van der Waals surface area contributed by atoms with Gasteiger partial charge in [0.25, 0.3) is 0 Å². The van der Waals surface area contributed by atoms with Crippen molar-refractivity contribution in [2.75, 3.05) is 25.5 Å². The molecule has 0 amide bonds. The van der Waals surface area contributed by atoms with Gasteiger partial charge in [-0.2, -0.15) is 0 Å². The Hall–Kier alpha value is -1.55. The van der Waals surface area contributed by atoms with Crippen LogP contribution in [0.1, 0.15) is 18.4 Å². The Morgan fingerprint density at radius 3 is 2.79 bits per heavy atom. The van der Waals surface area contributed by atoms with Crippen molar-refractivity contribution in [1.29, 1.82) is 0 Å². The van der Waals surface area contributed by atoms with Crippen LogP contribution in [0.4, 0.5) is 5.69 Å². The first-order valence-corrected chi connectivity index (χ1v) is 6.96. The van der Waals surface area contributed by atoms with E-state index in [2.05, 4.69) is 23.3 Å². The number of likely N-dealkylation sites (tertiary alicyclic amines) is 1. The van der Waals surface area contributed by atoms with Gasteiger partial charge >= 0.3 is 5.97 Å². The van der Waals surface area contributed by atoms with Crippen molar-refractivity contribution in [3.63, 3.8) is 0 Å². The summed E-state index contributed by atoms with van der Waals surface area (Å²) < 4.78 is 5.63. The van der Waals surface area contributed by atoms with Crippen LogP contribution in [0.3, 0.4) is 0 Å². The highest BCUT2D eigenvalue weighted by Gasteiger charge is 2.30. The maximum absolute atomic E-state index is 12.2. The number of piperidine rings is 1. The van der Waals surface area contributed by atoms with Crippen LogP contribution in [0.25, 0.3) is 0 Å². The number of anilines is 1. The summed E-state index contributed by atoms with van der Waals surface area (Å²) >= 11 is 0. The van der Waals surface area contributed by atoms with E-state index in [1.54, 1.807) is 0 Å². The summed E-state index contributed by atoms with van der Waals surface area (Å²) in [6.45, 7) is 2.02. The molecule has 0 aliphatic carbocycles. The van der Waals surface area contributed by atoms with Gasteiger partial charge < -0.3 is 15.0 Å². The third kappa shape index (κ3) is 2.73. The molecule has 1 fully saturated rings. The number of nitrogens with one attached hydrogen (secondary N) is 1. The molecule has 2 heterocycles. The first kappa shape index (κ1) is 12.5. The summed E-state index contributed by atoms with van der Waals surface area (Å²) in [6, 6.07) is 7.85. The number of hydrogen-bond acceptors (Lipinski definition) is 4. The minimum Gasteiger partial charge on any atom is -0.461 e. The zero-order chi connectivity index (χ0) is 13.2. The fourth-order valence-corrected chi connectivity index (χ4v) is 2.79. The lowest BCUT2D eigenvalue weighted by Gasteiger charge is -2.29. The summed E-state index contributed by atoms with van der Waals surface area (Å²) in [7, 11) is 2.10. The molecular weight excluding hydrogens is 240 g/mol. The van der Waals surface area contributed by atoms with Gasteiger partial charge in [-0.3, -0.25) is 0 Å². The highest BCUT2D eigenvalue weighted by molar-refractivity contribution is 5.83. The normalized spacial score (nSPS) is 23.7. The van der Waals surface area contributed by atoms with E-state index in [4.69, 9.17) is 4.74 Å². The Balaban J connectivity index is 1.55. The minimum atomic E-state index is -0.211. The number of ether oxygens (including phenoxy) is 1. The van der Waals surface area contributed by atoms with Crippen LogP contribution in [-0.4, -0.2) is 43.2 Å². The standard InChI is InChI=1S/C15H20N2O2/c1-17-8-6-12(7-9-17)19-15(18)14-10-11-4-2-3-5-13(11)16-14/h2-5,12,14,16H,6-10H2,1H3/t14-/m0/s1. The zero-order valence-corrected chi connectivity index (χ0v) is 11.3. The van der Waals surface area contributed by atoms with Crippen molar-refractivity contribution in [3.8, 4) is 0 Å². The third-order valence-electron chi connectivity index (χ3n) is 4.00. The monoisotopic (exact) mass is 260 g/mol. The molecule has 1 aromatic carbocycles. The second-order valence-electron chi connectivity index (χ2n) is 5.50. The third-order valence-corrected chi connectivity index (χ3v) is 4.00. The maximum Gasteiger partial charge on any atom is 0.329 e. The molecule has 0 spiro atoms. The van der Waals surface area contributed by atoms with E-state index in [9.17, 15) is 4.79 Å². The van der Waals surface area contributed by atoms with E-state index in [-0.39, 0.29) is 18.1 Å². The van der Waals surface area contributed by atoms with Gasteiger partial charge in [-0.15, -0.1) is 0 Å². The van der Waals surface area contributed by atoms with Crippen molar-refractivity contribution in [3.05, 3.63) is 29.8 Å². The molecule has 2 aliphatic heterocycles. The molecule has 2 aliphatic rings. The molecule has 4 heteroatoms. The molecule has 102 valence electrons. The van der Waals surface area contributed by atoms with E-state index in [1.165, 1.54) is 5.56 Å². The summed E-state index contributed by atoms with van der Waals surface area (Å²) in [5.41, 5.74) is 2.26. The van der Waals surface area contributed by atoms with Gasteiger partial charge in [0, 0.05) is 25.2 Å². The molecule has 3 rings (SSSR count). The summed E-state index contributed by atoms with van der Waals surface area (Å²) in [4.78, 5) is 14.4. The first-order chi connectivity index (χ1) is 9.22. The lowest BCUT2D eigenvalue weighted by molar-refractivity contribution is -0.151. The molecule has 0 unspecified atom stereocenters. The van der Waals surface area contributed by atoms with Crippen molar-refractivity contribution in [2.45, 2.75) is 31.4 Å². The highest BCUT2D eigenvalue weighted by atomic mass is 16.5. The zero-order valence-electron chi connectivity index (χ0n) is 11.3. The number of carbonyl (C=O) groups is 1. The van der Waals surface area contributed by atoms with Crippen LogP contribution < -0.4 is 5.32 Å². The van der Waals surface area contributed by atoms with Gasteiger partial charge in [-0.05, 0) is 31.5 Å². The molecule has 0 aromatic heterocycles. The van der Waals surface area contributed by atoms with Crippen LogP contribution in [0.2, 0.25) is 0 Å². The number of nitrogens with zero attached hydrogens (tertiary/aromatic N) is 1. The Labute approximate surface area is 113 Å². The van der Waals surface area contributed by atoms with Gasteiger partial charge in [0.05, 0.1) is 0 Å². The molecule has 0 saturated carbocycles. The highest BCUT2D eigenvalue weighted by Crippen LogP contribution is 2.26. The smallest absolute Gasteiger partial charge is 0.329 e. The Morgan fingerprint density at radius 2 is 2.05 bits per heavy atom. The van der Waals surface area contributed by atoms with E-state index in [0.717, 1.165) is 38.0 Å². The summed E-state index contributed by atoms with van der Waals surface area (Å²) in [5, 5.41) is 3.25. The molecule has 1 aromatic rings. The van der Waals surface area contributed by atoms with Crippen LogP contribution in [-0.2, 0) is 16.0 Å². The molecular formula is C15H20N2O2. The molecule has 0 radical (unpaired) electrons. The van der Waals surface area contributed by atoms with Gasteiger partial charge in [0.15, 0.2) is 0 Å². The minimum absolute atomic E-state index is 0.0919. The van der Waals surface area contributed by atoms with Gasteiger partial charge in [0.2, 0.25) is 0 Å². The predicted octanol–water partition coefficient (Wildman–Crippen LogP) is 1.66. The van der Waals surface area contributed by atoms with Crippen LogP contribution in [0.5, 0.6) is 0 Å². The first-order valence-electron chi connectivity index (χ1n) is 6.96. The van der Waals surface area contributed by atoms with E-state index < -0.39 is 0 Å². The topological polar surface area (TPSA) is 41.6 Å². The van der Waals surface area contributed by atoms with E-state index in [0.29, 0.717) is 0 Å². The van der Waals surface area contributed by atoms with E-state index >= 15 is 0 Å². The molecule has 19 heavy (non-hydrogen) atoms. The average Bonchev–Trinajstić information content (AvgIpc) is 2.85. The molecule has 1 saturated heterocycles. The number of rotatable bonds is 2. The fraction of sp³-hybridized carbons (Fsp3) is 0.533. The molecule has 4 nitrogen and oxygen atoms in total. The number of esters is 1. The van der Waals surface area contributed by atoms with Crippen LogP contribution in [0, 0.1) is 0 Å². The van der Waals surface area contributed by atoms with E-state index in [1.807, 2.05) is 18.2 Å². The number of carbonyl (C=O) groups excluding carboxylic acids is 1. The molecule has 1 N–H and O–H groups in total. The molecule has 1 atom stereocenters. The Morgan fingerprint density at radius 1 is 1.32 bits per heavy atom. The predicted molar refractivity (Wildman–Crippen MR) is 74.2 cm³/mol. The largest absolute Gasteiger partial charge is 0.461 e. The summed E-state index contributed by atoms with van der Waals surface area (Å²) in [6.07, 6.45) is 2.72. The van der Waals surface area contributed by atoms with Crippen molar-refractivity contribution in [1.82, 2.24) is 4.90 Å². The number of hydrogen-bond donors (Lipinski definition) is 1. The average molecular weight is 260 g/mol. The summed E-state index contributed by atoms with van der Waals surface area (Å²) in [5.74, 6) is -0.106. The lowest BCUT2D eigenvalue weighted by Crippen LogP contribution is -2.38. The number of para-hydroxylation sites is 1. The number of fused-ring (bicyclic) bond motifs is 1. The molecule has 0 bridgehead atoms. The second kappa shape index (κ2) is 5.21. The van der Waals surface area contributed by atoms with Gasteiger partial charge in [-0.1, -0.05) is 18.2 Å². The van der Waals surface area contributed by atoms with Crippen LogP contribution >= 0.6 is 0 Å². The maximum atomic E-state index is 12.2. The van der Waals surface area contributed by atoms with Crippen molar-refractivity contribution < 1.29 is 9.53 Å². The SMILES string of the molecule is CN1CCC(OC(=O)[C@@H]2Cc3ccccc3N2)CC1. The Kier molecular flexibility index (Phi) is 3.42. The number of benzene rings is 1. The van der Waals surface area contributed by atoms with Crippen molar-refractivity contribution in [2.24, 2.45) is 0 Å². The quantitative estimate of drug-likeness (QED) is 0.821. The van der Waals surface area contributed by atoms with Crippen LogP contribution in [0.15, 0.2) is 24.3 Å². The lowest BCUT2D eigenvalue weighted by atomic mass is 10.1. The fourth-order valence-electron chi connectivity index (χ4n) is 2.79.